The summed E-state index contributed by atoms with van der Waals surface area (Å²) in [5.74, 6) is 0.465. The molecule has 19 heavy (non-hydrogen) atoms. The quantitative estimate of drug-likeness (QED) is 0.568. The van der Waals surface area contributed by atoms with Crippen molar-refractivity contribution >= 4 is 0 Å². The van der Waals surface area contributed by atoms with Crippen LogP contribution in [0.5, 0.6) is 0 Å². The van der Waals surface area contributed by atoms with E-state index in [4.69, 9.17) is 14.2 Å². The van der Waals surface area contributed by atoms with Gasteiger partial charge in [0.1, 0.15) is 5.54 Å². The van der Waals surface area contributed by atoms with Gasteiger partial charge in [-0.25, -0.2) is 0 Å². The molecule has 0 amide bonds. The van der Waals surface area contributed by atoms with E-state index in [9.17, 15) is 5.26 Å². The van der Waals surface area contributed by atoms with Crippen molar-refractivity contribution in [3.05, 3.63) is 0 Å². The van der Waals surface area contributed by atoms with E-state index in [0.29, 0.717) is 45.0 Å². The third kappa shape index (κ3) is 4.73. The van der Waals surface area contributed by atoms with Gasteiger partial charge in [0, 0.05) is 13.2 Å². The summed E-state index contributed by atoms with van der Waals surface area (Å²) in [4.78, 5) is 0. The van der Waals surface area contributed by atoms with Gasteiger partial charge in [-0.1, -0.05) is 0 Å². The van der Waals surface area contributed by atoms with Gasteiger partial charge >= 0.3 is 0 Å². The van der Waals surface area contributed by atoms with Gasteiger partial charge in [0.2, 0.25) is 0 Å². The van der Waals surface area contributed by atoms with Gasteiger partial charge < -0.3 is 14.2 Å². The molecule has 0 aliphatic heterocycles. The van der Waals surface area contributed by atoms with Gasteiger partial charge in [0.25, 0.3) is 0 Å². The number of nitrogens with one attached hydrogen (secondary N) is 1. The molecule has 0 heterocycles. The van der Waals surface area contributed by atoms with Crippen molar-refractivity contribution in [3.8, 4) is 6.07 Å². The molecule has 2 fully saturated rings. The molecule has 1 unspecified atom stereocenters. The second-order valence-electron chi connectivity index (χ2n) is 5.43. The van der Waals surface area contributed by atoms with E-state index in [1.807, 2.05) is 0 Å². The summed E-state index contributed by atoms with van der Waals surface area (Å²) < 4.78 is 15.9. The second-order valence-corrected chi connectivity index (χ2v) is 5.43. The normalized spacial score (nSPS) is 21.9. The van der Waals surface area contributed by atoms with Crippen LogP contribution in [0.3, 0.4) is 0 Å². The molecular weight excluding hydrogens is 244 g/mol. The van der Waals surface area contributed by atoms with Crippen LogP contribution in [-0.4, -0.2) is 51.7 Å². The van der Waals surface area contributed by atoms with Crippen LogP contribution in [0.4, 0.5) is 0 Å². The van der Waals surface area contributed by atoms with Crippen molar-refractivity contribution in [1.29, 1.82) is 5.26 Å². The number of rotatable bonds is 11. The maximum atomic E-state index is 9.50. The van der Waals surface area contributed by atoms with Crippen LogP contribution in [0, 0.1) is 17.2 Å². The standard InChI is InChI=1S/C14H24N2O3/c1-17-6-7-18-8-9-19-11-14(10-15,12-2-3-12)16-13-4-5-13/h12-13,16H,2-9,11H2,1H3. The minimum absolute atomic E-state index is 0.465. The predicted octanol–water partition coefficient (Wildman–Crippen LogP) is 1.09. The first kappa shape index (κ1) is 14.7. The molecule has 2 aliphatic rings. The molecule has 0 spiro atoms. The molecule has 0 radical (unpaired) electrons. The summed E-state index contributed by atoms with van der Waals surface area (Å²) in [5, 5.41) is 13.0. The molecule has 0 bridgehead atoms. The Morgan fingerprint density at radius 1 is 1.11 bits per heavy atom. The smallest absolute Gasteiger partial charge is 0.133 e. The van der Waals surface area contributed by atoms with Crippen LogP contribution >= 0.6 is 0 Å². The summed E-state index contributed by atoms with van der Waals surface area (Å²) >= 11 is 0. The lowest BCUT2D eigenvalue weighted by atomic mass is 9.96. The highest BCUT2D eigenvalue weighted by Crippen LogP contribution is 2.41. The van der Waals surface area contributed by atoms with Crippen LogP contribution < -0.4 is 5.32 Å². The van der Waals surface area contributed by atoms with E-state index >= 15 is 0 Å². The zero-order valence-corrected chi connectivity index (χ0v) is 11.7. The molecule has 2 rings (SSSR count). The summed E-state index contributed by atoms with van der Waals surface area (Å²) in [6.45, 7) is 2.75. The Bertz CT molecular complexity index is 310. The Morgan fingerprint density at radius 3 is 2.37 bits per heavy atom. The zero-order chi connectivity index (χ0) is 13.6. The predicted molar refractivity (Wildman–Crippen MR) is 70.7 cm³/mol. The number of methoxy groups -OCH3 is 1. The Kier molecular flexibility index (Phi) is 5.59. The first-order valence-electron chi connectivity index (χ1n) is 7.14. The van der Waals surface area contributed by atoms with Gasteiger partial charge in [-0.05, 0) is 31.6 Å². The molecule has 0 aromatic rings. The van der Waals surface area contributed by atoms with Crippen molar-refractivity contribution in [3.63, 3.8) is 0 Å². The average Bonchev–Trinajstić information content (AvgIpc) is 3.28. The van der Waals surface area contributed by atoms with E-state index in [-0.39, 0.29) is 0 Å². The van der Waals surface area contributed by atoms with Gasteiger partial charge in [0.15, 0.2) is 0 Å². The van der Waals surface area contributed by atoms with Crippen LogP contribution in [-0.2, 0) is 14.2 Å². The molecule has 0 aromatic heterocycles. The number of nitriles is 1. The molecule has 1 atom stereocenters. The third-order valence-electron chi connectivity index (χ3n) is 3.65. The highest BCUT2D eigenvalue weighted by molar-refractivity contribution is 5.17. The van der Waals surface area contributed by atoms with E-state index < -0.39 is 5.54 Å². The van der Waals surface area contributed by atoms with E-state index in [0.717, 1.165) is 12.8 Å². The van der Waals surface area contributed by atoms with Crippen LogP contribution in [0.15, 0.2) is 0 Å². The van der Waals surface area contributed by atoms with Crippen LogP contribution in [0.25, 0.3) is 0 Å². The Hall–Kier alpha value is -0.670. The summed E-state index contributed by atoms with van der Waals surface area (Å²) in [7, 11) is 1.65. The first-order chi connectivity index (χ1) is 9.30. The molecule has 5 nitrogen and oxygen atoms in total. The fourth-order valence-corrected chi connectivity index (χ4v) is 2.20. The third-order valence-corrected chi connectivity index (χ3v) is 3.65. The summed E-state index contributed by atoms with van der Waals surface area (Å²) in [6.07, 6.45) is 4.66. The largest absolute Gasteiger partial charge is 0.382 e. The maximum absolute atomic E-state index is 9.50. The maximum Gasteiger partial charge on any atom is 0.133 e. The molecule has 5 heteroatoms. The molecular formula is C14H24N2O3. The lowest BCUT2D eigenvalue weighted by Gasteiger charge is -2.28. The van der Waals surface area contributed by atoms with Gasteiger partial charge in [-0.2, -0.15) is 5.26 Å². The lowest BCUT2D eigenvalue weighted by molar-refractivity contribution is 0.0101. The SMILES string of the molecule is COCCOCCOCC(C#N)(NC1CC1)C1CC1. The van der Waals surface area contributed by atoms with Crippen molar-refractivity contribution in [2.24, 2.45) is 5.92 Å². The summed E-state index contributed by atoms with van der Waals surface area (Å²) in [5.41, 5.74) is -0.465. The molecule has 108 valence electrons. The highest BCUT2D eigenvalue weighted by atomic mass is 16.5. The summed E-state index contributed by atoms with van der Waals surface area (Å²) in [6, 6.07) is 2.99. The fraction of sp³-hybridized carbons (Fsp3) is 0.929. The molecule has 2 saturated carbocycles. The monoisotopic (exact) mass is 268 g/mol. The highest BCUT2D eigenvalue weighted by Gasteiger charge is 2.48. The lowest BCUT2D eigenvalue weighted by Crippen LogP contribution is -2.51. The molecule has 2 aliphatic carbocycles. The van der Waals surface area contributed by atoms with Crippen LogP contribution in [0.2, 0.25) is 0 Å². The van der Waals surface area contributed by atoms with Crippen molar-refractivity contribution in [2.45, 2.75) is 37.3 Å². The van der Waals surface area contributed by atoms with E-state index in [1.54, 1.807) is 7.11 Å². The van der Waals surface area contributed by atoms with Crippen molar-refractivity contribution in [1.82, 2.24) is 5.32 Å². The number of hydrogen-bond acceptors (Lipinski definition) is 5. The fourth-order valence-electron chi connectivity index (χ4n) is 2.20. The first-order valence-corrected chi connectivity index (χ1v) is 7.14. The average molecular weight is 268 g/mol. The van der Waals surface area contributed by atoms with Crippen LogP contribution in [0.1, 0.15) is 25.7 Å². The zero-order valence-electron chi connectivity index (χ0n) is 11.7. The van der Waals surface area contributed by atoms with Gasteiger partial charge in [-0.3, -0.25) is 5.32 Å². The van der Waals surface area contributed by atoms with Gasteiger partial charge in [-0.15, -0.1) is 0 Å². The minimum Gasteiger partial charge on any atom is -0.382 e. The van der Waals surface area contributed by atoms with Crippen molar-refractivity contribution in [2.75, 3.05) is 40.1 Å². The molecule has 1 N–H and O–H groups in total. The van der Waals surface area contributed by atoms with E-state index in [1.165, 1.54) is 12.8 Å². The van der Waals surface area contributed by atoms with Crippen molar-refractivity contribution < 1.29 is 14.2 Å². The topological polar surface area (TPSA) is 63.5 Å². The Morgan fingerprint density at radius 2 is 1.79 bits per heavy atom. The van der Waals surface area contributed by atoms with E-state index in [2.05, 4.69) is 11.4 Å². The Balaban J connectivity index is 1.64. The molecule has 0 aromatic carbocycles. The second kappa shape index (κ2) is 7.20. The number of hydrogen-bond donors (Lipinski definition) is 1. The minimum atomic E-state index is -0.465. The molecule has 0 saturated heterocycles. The Labute approximate surface area is 115 Å². The van der Waals surface area contributed by atoms with Gasteiger partial charge in [0.05, 0.1) is 39.1 Å². The number of ether oxygens (including phenoxy) is 3. The number of nitrogens with zero attached hydrogens (tertiary/aromatic N) is 1.